The minimum absolute atomic E-state index is 0.0354. The minimum Gasteiger partial charge on any atom is -0.387 e. The molecule has 1 saturated heterocycles. The Labute approximate surface area is 128 Å². The van der Waals surface area contributed by atoms with Crippen molar-refractivity contribution in [1.29, 1.82) is 0 Å². The van der Waals surface area contributed by atoms with Crippen molar-refractivity contribution >= 4 is 11.8 Å². The molecule has 3 heteroatoms. The van der Waals surface area contributed by atoms with Crippen LogP contribution in [0.5, 0.6) is 0 Å². The van der Waals surface area contributed by atoms with E-state index < -0.39 is 5.60 Å². The highest BCUT2D eigenvalue weighted by atomic mass is 32.2. The monoisotopic (exact) mass is 298 g/mol. The van der Waals surface area contributed by atoms with Gasteiger partial charge >= 0.3 is 0 Å². The summed E-state index contributed by atoms with van der Waals surface area (Å²) in [6, 6.07) is 0. The number of ether oxygens (including phenoxy) is 1. The summed E-state index contributed by atoms with van der Waals surface area (Å²) in [7, 11) is 0. The maximum absolute atomic E-state index is 10.7. The third-order valence-corrected chi connectivity index (χ3v) is 7.91. The van der Waals surface area contributed by atoms with Crippen molar-refractivity contribution in [3.05, 3.63) is 0 Å². The number of hydrogen-bond acceptors (Lipinski definition) is 3. The van der Waals surface area contributed by atoms with Gasteiger partial charge in [0.15, 0.2) is 0 Å². The molecule has 116 valence electrons. The normalized spacial score (nSPS) is 45.5. The minimum atomic E-state index is -0.693. The first-order valence-corrected chi connectivity index (χ1v) is 9.15. The van der Waals surface area contributed by atoms with Gasteiger partial charge < -0.3 is 9.84 Å². The van der Waals surface area contributed by atoms with Crippen molar-refractivity contribution in [2.45, 2.75) is 70.2 Å². The lowest BCUT2D eigenvalue weighted by Gasteiger charge is -2.64. The van der Waals surface area contributed by atoms with Crippen molar-refractivity contribution in [2.75, 3.05) is 6.61 Å². The Bertz CT molecular complexity index is 377. The van der Waals surface area contributed by atoms with Gasteiger partial charge in [0.1, 0.15) is 5.44 Å². The zero-order chi connectivity index (χ0) is 14.7. The predicted octanol–water partition coefficient (Wildman–Crippen LogP) is 3.92. The number of rotatable bonds is 3. The van der Waals surface area contributed by atoms with Crippen LogP contribution in [0.1, 0.15) is 53.9 Å². The van der Waals surface area contributed by atoms with E-state index in [4.69, 9.17) is 4.74 Å². The highest BCUT2D eigenvalue weighted by Gasteiger charge is 2.59. The van der Waals surface area contributed by atoms with E-state index in [2.05, 4.69) is 27.7 Å². The fraction of sp³-hybridized carbons (Fsp3) is 1.00. The standard InChI is InChI=1S/C17H30O2S/c1-10(2)8-17(5,18)15-19-9-12-13-6-11(16(13,3)4)7-14(12)20-15/h10-15,18H,6-9H2,1-5H3/t11-,12+,13+,14+,15?,17-/m1/s1. The zero-order valence-electron chi connectivity index (χ0n) is 13.6. The van der Waals surface area contributed by atoms with Crippen molar-refractivity contribution < 1.29 is 9.84 Å². The number of thioether (sulfide) groups is 1. The van der Waals surface area contributed by atoms with Crippen LogP contribution in [0.15, 0.2) is 0 Å². The largest absolute Gasteiger partial charge is 0.387 e. The molecule has 0 amide bonds. The highest BCUT2D eigenvalue weighted by Crippen LogP contribution is 2.65. The van der Waals surface area contributed by atoms with Gasteiger partial charge in [0, 0.05) is 5.25 Å². The van der Waals surface area contributed by atoms with Crippen LogP contribution >= 0.6 is 11.8 Å². The Morgan fingerprint density at radius 2 is 2.05 bits per heavy atom. The summed E-state index contributed by atoms with van der Waals surface area (Å²) >= 11 is 1.93. The van der Waals surface area contributed by atoms with E-state index in [1.165, 1.54) is 12.8 Å². The third kappa shape index (κ3) is 2.34. The van der Waals surface area contributed by atoms with Gasteiger partial charge in [-0.1, -0.05) is 27.7 Å². The molecule has 1 N–H and O–H groups in total. The van der Waals surface area contributed by atoms with Crippen LogP contribution in [-0.4, -0.2) is 28.0 Å². The van der Waals surface area contributed by atoms with E-state index in [0.29, 0.717) is 22.5 Å². The van der Waals surface area contributed by atoms with Crippen molar-refractivity contribution in [1.82, 2.24) is 0 Å². The summed E-state index contributed by atoms with van der Waals surface area (Å²) in [4.78, 5) is 0. The molecule has 3 aliphatic carbocycles. The number of aliphatic hydroxyl groups is 1. The Hall–Kier alpha value is 0.270. The molecule has 2 nitrogen and oxygen atoms in total. The van der Waals surface area contributed by atoms with Crippen molar-refractivity contribution in [3.63, 3.8) is 0 Å². The third-order valence-electron chi connectivity index (χ3n) is 6.13. The Kier molecular flexibility index (Phi) is 3.71. The molecular formula is C17H30O2S. The van der Waals surface area contributed by atoms with E-state index in [9.17, 15) is 5.11 Å². The van der Waals surface area contributed by atoms with E-state index in [0.717, 1.165) is 24.9 Å². The van der Waals surface area contributed by atoms with Crippen LogP contribution in [0.2, 0.25) is 0 Å². The summed E-state index contributed by atoms with van der Waals surface area (Å²) in [5.41, 5.74) is -0.203. The Morgan fingerprint density at radius 1 is 1.35 bits per heavy atom. The van der Waals surface area contributed by atoms with Gasteiger partial charge in [0.25, 0.3) is 0 Å². The average molecular weight is 298 g/mol. The quantitative estimate of drug-likeness (QED) is 0.856. The summed E-state index contributed by atoms with van der Waals surface area (Å²) in [5, 5.41) is 11.4. The number of hydrogen-bond donors (Lipinski definition) is 1. The summed E-state index contributed by atoms with van der Waals surface area (Å²) in [6.07, 6.45) is 3.56. The van der Waals surface area contributed by atoms with Gasteiger partial charge in [0.05, 0.1) is 12.2 Å². The Balaban J connectivity index is 1.66. The van der Waals surface area contributed by atoms with E-state index in [1.807, 2.05) is 18.7 Å². The molecule has 6 atom stereocenters. The SMILES string of the molecule is CC(C)C[C@@](C)(O)C1OC[C@@H]2[C@H](C[C@H]3C[C@@H]2C3(C)C)S1. The molecule has 1 unspecified atom stereocenters. The predicted molar refractivity (Wildman–Crippen MR) is 84.7 cm³/mol. The van der Waals surface area contributed by atoms with Crippen molar-refractivity contribution in [3.8, 4) is 0 Å². The molecule has 0 aromatic heterocycles. The van der Waals surface area contributed by atoms with Gasteiger partial charge in [-0.3, -0.25) is 0 Å². The smallest absolute Gasteiger partial charge is 0.131 e. The molecule has 0 radical (unpaired) electrons. The van der Waals surface area contributed by atoms with E-state index in [1.54, 1.807) is 0 Å². The molecule has 0 aromatic carbocycles. The lowest BCUT2D eigenvalue weighted by molar-refractivity contribution is -0.147. The molecule has 0 spiro atoms. The molecule has 0 aromatic rings. The molecule has 3 saturated carbocycles. The lowest BCUT2D eigenvalue weighted by atomic mass is 9.45. The lowest BCUT2D eigenvalue weighted by Crippen LogP contribution is -2.60. The molecule has 1 heterocycles. The van der Waals surface area contributed by atoms with Crippen LogP contribution in [0, 0.1) is 29.1 Å². The maximum atomic E-state index is 10.7. The van der Waals surface area contributed by atoms with Gasteiger partial charge in [-0.15, -0.1) is 11.8 Å². The van der Waals surface area contributed by atoms with E-state index >= 15 is 0 Å². The topological polar surface area (TPSA) is 29.5 Å². The molecule has 4 fully saturated rings. The molecule has 20 heavy (non-hydrogen) atoms. The first kappa shape index (κ1) is 15.2. The van der Waals surface area contributed by atoms with Gasteiger partial charge in [0.2, 0.25) is 0 Å². The summed E-state index contributed by atoms with van der Waals surface area (Å²) in [6.45, 7) is 12.0. The summed E-state index contributed by atoms with van der Waals surface area (Å²) < 4.78 is 6.11. The molecule has 1 aliphatic heterocycles. The van der Waals surface area contributed by atoms with Crippen LogP contribution in [0.25, 0.3) is 0 Å². The first-order valence-electron chi connectivity index (χ1n) is 8.21. The Morgan fingerprint density at radius 3 is 2.65 bits per heavy atom. The zero-order valence-corrected chi connectivity index (χ0v) is 14.4. The van der Waals surface area contributed by atoms with Gasteiger partial charge in [-0.25, -0.2) is 0 Å². The molecule has 4 aliphatic rings. The van der Waals surface area contributed by atoms with Gasteiger partial charge in [-0.2, -0.15) is 0 Å². The second-order valence-corrected chi connectivity index (χ2v) is 9.86. The molecule has 4 rings (SSSR count). The van der Waals surface area contributed by atoms with Crippen molar-refractivity contribution in [2.24, 2.45) is 29.1 Å². The highest BCUT2D eigenvalue weighted by molar-refractivity contribution is 8.00. The first-order chi connectivity index (χ1) is 9.22. The molecule has 2 bridgehead atoms. The maximum Gasteiger partial charge on any atom is 0.131 e. The fourth-order valence-electron chi connectivity index (χ4n) is 4.92. The summed E-state index contributed by atoms with van der Waals surface area (Å²) in [5.74, 6) is 2.96. The second-order valence-electron chi connectivity index (χ2n) is 8.55. The van der Waals surface area contributed by atoms with Crippen LogP contribution in [-0.2, 0) is 4.74 Å². The second kappa shape index (κ2) is 4.89. The molecular weight excluding hydrogens is 268 g/mol. The van der Waals surface area contributed by atoms with Crippen LogP contribution < -0.4 is 0 Å². The van der Waals surface area contributed by atoms with E-state index in [-0.39, 0.29) is 5.44 Å². The van der Waals surface area contributed by atoms with Crippen LogP contribution in [0.4, 0.5) is 0 Å². The average Bonchev–Trinajstić information content (AvgIpc) is 2.35. The van der Waals surface area contributed by atoms with Gasteiger partial charge in [-0.05, 0) is 55.3 Å². The fourth-order valence-corrected chi connectivity index (χ4v) is 6.60. The van der Waals surface area contributed by atoms with Crippen LogP contribution in [0.3, 0.4) is 0 Å².